The van der Waals surface area contributed by atoms with Gasteiger partial charge in [0.15, 0.2) is 0 Å². The fraction of sp³-hybridized carbons (Fsp3) is 0.917. The number of carboxylic acids is 1. The average molecular weight is 215 g/mol. The minimum Gasteiger partial charge on any atom is -0.480 e. The SMILES string of the molecule is CCCCCCCCCN[C@H](C)C(=O)O. The van der Waals surface area contributed by atoms with E-state index in [0.29, 0.717) is 0 Å². The first-order valence-electron chi connectivity index (χ1n) is 6.14. The van der Waals surface area contributed by atoms with Gasteiger partial charge >= 0.3 is 5.97 Å². The monoisotopic (exact) mass is 215 g/mol. The summed E-state index contributed by atoms with van der Waals surface area (Å²) in [6.45, 7) is 4.72. The van der Waals surface area contributed by atoms with Crippen LogP contribution in [0.4, 0.5) is 0 Å². The maximum atomic E-state index is 10.5. The van der Waals surface area contributed by atoms with Crippen molar-refractivity contribution in [1.82, 2.24) is 5.32 Å². The molecule has 3 heteroatoms. The summed E-state index contributed by atoms with van der Waals surface area (Å²) in [5.74, 6) is -0.766. The summed E-state index contributed by atoms with van der Waals surface area (Å²) >= 11 is 0. The molecule has 0 heterocycles. The van der Waals surface area contributed by atoms with Gasteiger partial charge in [-0.05, 0) is 19.9 Å². The summed E-state index contributed by atoms with van der Waals surface area (Å²) < 4.78 is 0. The quantitative estimate of drug-likeness (QED) is 0.551. The molecule has 0 aromatic heterocycles. The van der Waals surface area contributed by atoms with Crippen molar-refractivity contribution in [3.8, 4) is 0 Å². The van der Waals surface area contributed by atoms with Crippen molar-refractivity contribution in [2.75, 3.05) is 6.54 Å². The molecule has 3 nitrogen and oxygen atoms in total. The predicted molar refractivity (Wildman–Crippen MR) is 63.1 cm³/mol. The minimum atomic E-state index is -0.766. The molecule has 0 aliphatic heterocycles. The number of carboxylic acid groups (broad SMARTS) is 1. The Morgan fingerprint density at radius 3 is 2.20 bits per heavy atom. The van der Waals surface area contributed by atoms with Crippen molar-refractivity contribution < 1.29 is 9.90 Å². The molecule has 90 valence electrons. The minimum absolute atomic E-state index is 0.412. The first kappa shape index (κ1) is 14.4. The Bertz CT molecular complexity index is 160. The molecule has 2 N–H and O–H groups in total. The van der Waals surface area contributed by atoms with E-state index in [4.69, 9.17) is 5.11 Å². The molecule has 0 aromatic rings. The lowest BCUT2D eigenvalue weighted by molar-refractivity contribution is -0.138. The molecule has 0 bridgehead atoms. The molecule has 0 rings (SSSR count). The third-order valence-electron chi connectivity index (χ3n) is 2.60. The molecular formula is C12H25NO2. The number of hydrogen-bond donors (Lipinski definition) is 2. The van der Waals surface area contributed by atoms with Crippen molar-refractivity contribution >= 4 is 5.97 Å². The lowest BCUT2D eigenvalue weighted by Crippen LogP contribution is -2.34. The van der Waals surface area contributed by atoms with Gasteiger partial charge in [0.25, 0.3) is 0 Å². The zero-order chi connectivity index (χ0) is 11.5. The van der Waals surface area contributed by atoms with Crippen LogP contribution in [0.5, 0.6) is 0 Å². The smallest absolute Gasteiger partial charge is 0.320 e. The second-order valence-electron chi connectivity index (χ2n) is 4.14. The van der Waals surface area contributed by atoms with Crippen LogP contribution in [0.15, 0.2) is 0 Å². The number of carbonyl (C=O) groups is 1. The van der Waals surface area contributed by atoms with Crippen LogP contribution in [0.1, 0.15) is 58.8 Å². The summed E-state index contributed by atoms with van der Waals surface area (Å²) in [5.41, 5.74) is 0. The number of unbranched alkanes of at least 4 members (excludes halogenated alkanes) is 6. The Labute approximate surface area is 93.3 Å². The molecule has 1 atom stereocenters. The Morgan fingerprint density at radius 1 is 1.13 bits per heavy atom. The highest BCUT2D eigenvalue weighted by molar-refractivity contribution is 5.72. The molecule has 0 saturated carbocycles. The van der Waals surface area contributed by atoms with Gasteiger partial charge in [-0.15, -0.1) is 0 Å². The van der Waals surface area contributed by atoms with Gasteiger partial charge in [-0.3, -0.25) is 4.79 Å². The number of nitrogens with one attached hydrogen (secondary N) is 1. The number of aliphatic carboxylic acids is 1. The van der Waals surface area contributed by atoms with E-state index in [2.05, 4.69) is 12.2 Å². The third kappa shape index (κ3) is 9.73. The standard InChI is InChI=1S/C12H25NO2/c1-3-4-5-6-7-8-9-10-13-11(2)12(14)15/h11,13H,3-10H2,1-2H3,(H,14,15)/t11-/m1/s1. The van der Waals surface area contributed by atoms with E-state index in [1.54, 1.807) is 6.92 Å². The highest BCUT2D eigenvalue weighted by Gasteiger charge is 2.07. The van der Waals surface area contributed by atoms with Crippen LogP contribution >= 0.6 is 0 Å². The predicted octanol–water partition coefficient (Wildman–Crippen LogP) is 2.80. The molecule has 0 aliphatic rings. The van der Waals surface area contributed by atoms with E-state index in [-0.39, 0.29) is 0 Å². The molecule has 15 heavy (non-hydrogen) atoms. The second-order valence-corrected chi connectivity index (χ2v) is 4.14. The molecular weight excluding hydrogens is 190 g/mol. The molecule has 0 fully saturated rings. The fourth-order valence-corrected chi connectivity index (χ4v) is 1.49. The summed E-state index contributed by atoms with van der Waals surface area (Å²) in [6.07, 6.45) is 8.87. The molecule has 0 radical (unpaired) electrons. The first-order valence-corrected chi connectivity index (χ1v) is 6.14. The van der Waals surface area contributed by atoms with Gasteiger partial charge in [-0.1, -0.05) is 45.4 Å². The van der Waals surface area contributed by atoms with Crippen molar-refractivity contribution in [3.63, 3.8) is 0 Å². The highest BCUT2D eigenvalue weighted by atomic mass is 16.4. The zero-order valence-corrected chi connectivity index (χ0v) is 10.1. The van der Waals surface area contributed by atoms with Crippen molar-refractivity contribution in [3.05, 3.63) is 0 Å². The molecule has 0 unspecified atom stereocenters. The van der Waals surface area contributed by atoms with Gasteiger partial charge in [0.2, 0.25) is 0 Å². The molecule has 0 saturated heterocycles. The normalized spacial score (nSPS) is 12.7. The fourth-order valence-electron chi connectivity index (χ4n) is 1.49. The molecule has 0 aromatic carbocycles. The van der Waals surface area contributed by atoms with E-state index < -0.39 is 12.0 Å². The third-order valence-corrected chi connectivity index (χ3v) is 2.60. The summed E-state index contributed by atoms with van der Waals surface area (Å²) in [4.78, 5) is 10.5. The van der Waals surface area contributed by atoms with Crippen molar-refractivity contribution in [2.24, 2.45) is 0 Å². The van der Waals surface area contributed by atoms with E-state index in [9.17, 15) is 4.79 Å². The van der Waals surface area contributed by atoms with E-state index in [0.717, 1.165) is 13.0 Å². The summed E-state index contributed by atoms with van der Waals surface area (Å²) in [7, 11) is 0. The van der Waals surface area contributed by atoms with Crippen LogP contribution in [-0.4, -0.2) is 23.7 Å². The maximum absolute atomic E-state index is 10.5. The first-order chi connectivity index (χ1) is 7.18. The largest absolute Gasteiger partial charge is 0.480 e. The number of rotatable bonds is 10. The van der Waals surface area contributed by atoms with Gasteiger partial charge in [0.05, 0.1) is 0 Å². The van der Waals surface area contributed by atoms with Gasteiger partial charge in [-0.25, -0.2) is 0 Å². The van der Waals surface area contributed by atoms with Crippen LogP contribution in [-0.2, 0) is 4.79 Å². The Hall–Kier alpha value is -0.570. The van der Waals surface area contributed by atoms with Gasteiger partial charge in [0.1, 0.15) is 6.04 Å². The van der Waals surface area contributed by atoms with Crippen molar-refractivity contribution in [1.29, 1.82) is 0 Å². The van der Waals surface area contributed by atoms with Crippen molar-refractivity contribution in [2.45, 2.75) is 64.8 Å². The second kappa shape index (κ2) is 9.97. The Morgan fingerprint density at radius 2 is 1.67 bits per heavy atom. The van der Waals surface area contributed by atoms with Gasteiger partial charge < -0.3 is 10.4 Å². The Balaban J connectivity index is 3.08. The van der Waals surface area contributed by atoms with E-state index >= 15 is 0 Å². The molecule has 0 spiro atoms. The summed E-state index contributed by atoms with van der Waals surface area (Å²) in [5, 5.41) is 11.6. The van der Waals surface area contributed by atoms with Crippen LogP contribution in [0, 0.1) is 0 Å². The zero-order valence-electron chi connectivity index (χ0n) is 10.1. The maximum Gasteiger partial charge on any atom is 0.320 e. The topological polar surface area (TPSA) is 49.3 Å². The molecule has 0 aliphatic carbocycles. The van der Waals surface area contributed by atoms with E-state index in [1.165, 1.54) is 38.5 Å². The van der Waals surface area contributed by atoms with Gasteiger partial charge in [0, 0.05) is 0 Å². The number of hydrogen-bond acceptors (Lipinski definition) is 2. The van der Waals surface area contributed by atoms with Crippen LogP contribution < -0.4 is 5.32 Å². The van der Waals surface area contributed by atoms with E-state index in [1.807, 2.05) is 0 Å². The van der Waals surface area contributed by atoms with Crippen LogP contribution in [0.3, 0.4) is 0 Å². The lowest BCUT2D eigenvalue weighted by atomic mass is 10.1. The van der Waals surface area contributed by atoms with Gasteiger partial charge in [-0.2, -0.15) is 0 Å². The lowest BCUT2D eigenvalue weighted by Gasteiger charge is -2.08. The highest BCUT2D eigenvalue weighted by Crippen LogP contribution is 2.06. The average Bonchev–Trinajstić information content (AvgIpc) is 2.21. The summed E-state index contributed by atoms with van der Waals surface area (Å²) in [6, 6.07) is -0.412. The van der Waals surface area contributed by atoms with Crippen LogP contribution in [0.2, 0.25) is 0 Å². The molecule has 0 amide bonds. The Kier molecular flexibility index (Phi) is 9.59. The van der Waals surface area contributed by atoms with Crippen LogP contribution in [0.25, 0.3) is 0 Å².